The third kappa shape index (κ3) is 0.964. The zero-order valence-electron chi connectivity index (χ0n) is 8.33. The molecular formula is C6H10N2O2. The Bertz CT molecular complexity index is 251. The van der Waals surface area contributed by atoms with Crippen LogP contribution in [0, 0.1) is 0 Å². The minimum absolute atomic E-state index is 0.0754. The fourth-order valence-corrected chi connectivity index (χ4v) is 0.953. The molecule has 0 bridgehead atoms. The summed E-state index contributed by atoms with van der Waals surface area (Å²) in [4.78, 5) is 22.5. The molecule has 0 saturated carbocycles. The van der Waals surface area contributed by atoms with Crippen LogP contribution in [0.15, 0.2) is 0 Å². The molecule has 2 N–H and O–H groups in total. The second kappa shape index (κ2) is 2.28. The summed E-state index contributed by atoms with van der Waals surface area (Å²) in [6.07, 6.45) is 0.276. The number of likely N-dealkylation sites (N-methyl/N-ethyl adjacent to an activating group) is 1. The van der Waals surface area contributed by atoms with Gasteiger partial charge in [0.25, 0.3) is 0 Å². The highest BCUT2D eigenvalue weighted by atomic mass is 16.2. The van der Waals surface area contributed by atoms with E-state index in [1.807, 2.05) is 0 Å². The van der Waals surface area contributed by atoms with Gasteiger partial charge in [-0.05, 0) is 6.42 Å². The second-order valence-electron chi connectivity index (χ2n) is 2.22. The molecule has 2 amide bonds. The number of nitrogens with two attached hydrogens (primary N) is 1. The Kier molecular flexibility index (Phi) is 0.903. The van der Waals surface area contributed by atoms with Gasteiger partial charge in [0.2, 0.25) is 11.8 Å². The molecule has 1 atom stereocenters. The lowest BCUT2D eigenvalue weighted by molar-refractivity contribution is -0.132. The maximum Gasteiger partial charge on any atom is 0.240 e. The molecule has 0 spiro atoms. The van der Waals surface area contributed by atoms with Crippen LogP contribution >= 0.6 is 0 Å². The minimum Gasteiger partial charge on any atom is -0.368 e. The number of rotatable bonds is 1. The van der Waals surface area contributed by atoms with Crippen molar-refractivity contribution in [2.75, 3.05) is 6.98 Å². The maximum atomic E-state index is 11.1. The molecule has 0 aromatic carbocycles. The quantitative estimate of drug-likeness (QED) is 0.519. The predicted octanol–water partition coefficient (Wildman–Crippen LogP) is -0.908. The molecule has 0 aromatic heterocycles. The summed E-state index contributed by atoms with van der Waals surface area (Å²) >= 11 is 0. The van der Waals surface area contributed by atoms with Crippen LogP contribution in [0.2, 0.25) is 0 Å². The fourth-order valence-electron chi connectivity index (χ4n) is 0.953. The molecule has 1 rings (SSSR count). The molecule has 1 heterocycles. The molecule has 1 aliphatic rings. The summed E-state index contributed by atoms with van der Waals surface area (Å²) in [7, 11) is 0. The van der Waals surface area contributed by atoms with Gasteiger partial charge in [-0.15, -0.1) is 0 Å². The molecule has 1 aliphatic heterocycles. The highest BCUT2D eigenvalue weighted by Crippen LogP contribution is 2.15. The van der Waals surface area contributed by atoms with Gasteiger partial charge in [-0.2, -0.15) is 0 Å². The van der Waals surface area contributed by atoms with Gasteiger partial charge in [-0.3, -0.25) is 9.59 Å². The second-order valence-corrected chi connectivity index (χ2v) is 2.22. The van der Waals surface area contributed by atoms with Crippen molar-refractivity contribution in [3.8, 4) is 0 Å². The van der Waals surface area contributed by atoms with E-state index in [0.717, 1.165) is 0 Å². The van der Waals surface area contributed by atoms with E-state index in [1.165, 1.54) is 0 Å². The first kappa shape index (κ1) is 3.95. The van der Waals surface area contributed by atoms with Gasteiger partial charge in [0.05, 0.1) is 0 Å². The molecule has 10 heavy (non-hydrogen) atoms. The number of primary amides is 1. The Morgan fingerprint density at radius 1 is 2.00 bits per heavy atom. The van der Waals surface area contributed by atoms with E-state index in [9.17, 15) is 9.59 Å². The highest BCUT2D eigenvalue weighted by molar-refractivity contribution is 5.89. The van der Waals surface area contributed by atoms with Crippen molar-refractivity contribution >= 4 is 11.8 Å². The van der Waals surface area contributed by atoms with E-state index in [0.29, 0.717) is 4.90 Å². The van der Waals surface area contributed by atoms with Crippen LogP contribution in [0.5, 0.6) is 0 Å². The van der Waals surface area contributed by atoms with E-state index in [2.05, 4.69) is 0 Å². The summed E-state index contributed by atoms with van der Waals surface area (Å²) in [6, 6.07) is -0.972. The molecule has 56 valence electrons. The van der Waals surface area contributed by atoms with Crippen LogP contribution in [0.25, 0.3) is 0 Å². The largest absolute Gasteiger partial charge is 0.368 e. The third-order valence-electron chi connectivity index (χ3n) is 1.54. The topological polar surface area (TPSA) is 63.4 Å². The van der Waals surface area contributed by atoms with Gasteiger partial charge < -0.3 is 10.6 Å². The summed E-state index contributed by atoms with van der Waals surface area (Å²) in [5.74, 6) is -1.30. The third-order valence-corrected chi connectivity index (χ3v) is 1.54. The fraction of sp³-hybridized carbons (Fsp3) is 0.667. The molecule has 0 radical (unpaired) electrons. The summed E-state index contributed by atoms with van der Waals surface area (Å²) in [5.41, 5.74) is 4.96. The lowest BCUT2D eigenvalue weighted by Crippen LogP contribution is -2.39. The van der Waals surface area contributed by atoms with E-state index in [-0.39, 0.29) is 12.8 Å². The van der Waals surface area contributed by atoms with E-state index in [1.54, 1.807) is 0 Å². The number of amides is 2. The smallest absolute Gasteiger partial charge is 0.240 e. The van der Waals surface area contributed by atoms with Gasteiger partial charge in [0.15, 0.2) is 0 Å². The van der Waals surface area contributed by atoms with Crippen molar-refractivity contribution < 1.29 is 13.7 Å². The van der Waals surface area contributed by atoms with E-state index >= 15 is 0 Å². The molecule has 4 nitrogen and oxygen atoms in total. The summed E-state index contributed by atoms with van der Waals surface area (Å²) in [5, 5.41) is 0. The molecule has 0 aromatic rings. The number of hydrogen-bond donors (Lipinski definition) is 1. The van der Waals surface area contributed by atoms with Gasteiger partial charge in [0, 0.05) is 17.5 Å². The Hall–Kier alpha value is -1.06. The minimum atomic E-state index is -2.56. The van der Waals surface area contributed by atoms with Crippen LogP contribution in [-0.2, 0) is 9.59 Å². The van der Waals surface area contributed by atoms with Crippen LogP contribution in [0.3, 0.4) is 0 Å². The van der Waals surface area contributed by atoms with Crippen molar-refractivity contribution in [3.63, 3.8) is 0 Å². The molecular weight excluding hydrogens is 132 g/mol. The number of nitrogens with zero attached hydrogens (tertiary/aromatic N) is 1. The number of carbonyl (C=O) groups excluding carboxylic acids is 2. The zero-order valence-corrected chi connectivity index (χ0v) is 5.33. The Labute approximate surface area is 63.2 Å². The number of hydrogen-bond acceptors (Lipinski definition) is 2. The number of likely N-dealkylation sites (tertiary alicyclic amines) is 1. The van der Waals surface area contributed by atoms with Gasteiger partial charge in [-0.1, -0.05) is 0 Å². The SMILES string of the molecule is [2H]C([2H])([2H])N1C(=O)CCC1C(N)=O. The van der Waals surface area contributed by atoms with Gasteiger partial charge >= 0.3 is 0 Å². The summed E-state index contributed by atoms with van der Waals surface area (Å²) < 4.78 is 21.0. The first-order valence-corrected chi connectivity index (χ1v) is 2.95. The van der Waals surface area contributed by atoms with Crippen LogP contribution in [0.1, 0.15) is 17.0 Å². The normalized spacial score (nSPS) is 31.2. The number of carbonyl (C=O) groups is 2. The average Bonchev–Trinajstić information content (AvgIpc) is 2.28. The van der Waals surface area contributed by atoms with Gasteiger partial charge in [0.1, 0.15) is 6.04 Å². The summed E-state index contributed by atoms with van der Waals surface area (Å²) in [6.45, 7) is -2.56. The zero-order chi connectivity index (χ0) is 10.2. The average molecular weight is 145 g/mol. The van der Waals surface area contributed by atoms with Crippen LogP contribution in [0.4, 0.5) is 0 Å². The van der Waals surface area contributed by atoms with Crippen LogP contribution in [-0.4, -0.2) is 29.7 Å². The highest BCUT2D eigenvalue weighted by Gasteiger charge is 2.31. The molecule has 4 heteroatoms. The molecule has 1 fully saturated rings. The van der Waals surface area contributed by atoms with E-state index < -0.39 is 24.8 Å². The Morgan fingerprint density at radius 3 is 3.10 bits per heavy atom. The van der Waals surface area contributed by atoms with Gasteiger partial charge in [-0.25, -0.2) is 0 Å². The lowest BCUT2D eigenvalue weighted by atomic mass is 10.2. The Morgan fingerprint density at radius 2 is 2.70 bits per heavy atom. The van der Waals surface area contributed by atoms with Crippen molar-refractivity contribution in [1.82, 2.24) is 4.90 Å². The van der Waals surface area contributed by atoms with Crippen molar-refractivity contribution in [3.05, 3.63) is 0 Å². The van der Waals surface area contributed by atoms with Crippen molar-refractivity contribution in [2.24, 2.45) is 5.73 Å². The van der Waals surface area contributed by atoms with E-state index in [4.69, 9.17) is 9.85 Å². The first-order valence-electron chi connectivity index (χ1n) is 4.45. The predicted molar refractivity (Wildman–Crippen MR) is 35.0 cm³/mol. The molecule has 0 aliphatic carbocycles. The first-order chi connectivity index (χ1) is 5.84. The van der Waals surface area contributed by atoms with Crippen molar-refractivity contribution in [1.29, 1.82) is 0 Å². The standard InChI is InChI=1S/C6H10N2O2/c1-8-4(6(7)10)2-3-5(8)9/h4H,2-3H2,1H3,(H2,7,10)/i1D3. The maximum absolute atomic E-state index is 11.1. The van der Waals surface area contributed by atoms with Crippen molar-refractivity contribution in [2.45, 2.75) is 18.9 Å². The molecule has 1 unspecified atom stereocenters. The molecule has 1 saturated heterocycles. The Balaban J connectivity index is 2.90. The lowest BCUT2D eigenvalue weighted by Gasteiger charge is -2.15. The van der Waals surface area contributed by atoms with Crippen LogP contribution < -0.4 is 5.73 Å². The monoisotopic (exact) mass is 145 g/mol.